The van der Waals surface area contributed by atoms with Gasteiger partial charge in [-0.05, 0) is 42.2 Å². The molecule has 0 heterocycles. The van der Waals surface area contributed by atoms with Crippen molar-refractivity contribution in [2.75, 3.05) is 0 Å². The zero-order valence-corrected chi connectivity index (χ0v) is 11.2. The standard InChI is InChI=1S/C17H15NO2/c1-12-4-2-3-5-15(12)16(17(19)20)10-13-6-8-14(11-18)9-7-13/h2-9,16H,10H2,1H3,(H,19,20). The quantitative estimate of drug-likeness (QED) is 0.922. The van der Waals surface area contributed by atoms with Crippen molar-refractivity contribution in [2.24, 2.45) is 0 Å². The molecule has 0 amide bonds. The van der Waals surface area contributed by atoms with Gasteiger partial charge in [0.2, 0.25) is 0 Å². The Labute approximate surface area is 118 Å². The molecule has 0 aliphatic rings. The zero-order valence-electron chi connectivity index (χ0n) is 11.2. The van der Waals surface area contributed by atoms with E-state index in [9.17, 15) is 9.90 Å². The highest BCUT2D eigenvalue weighted by Crippen LogP contribution is 2.24. The number of carboxylic acids is 1. The maximum Gasteiger partial charge on any atom is 0.311 e. The molecule has 20 heavy (non-hydrogen) atoms. The molecule has 2 aromatic carbocycles. The van der Waals surface area contributed by atoms with Gasteiger partial charge in [-0.15, -0.1) is 0 Å². The van der Waals surface area contributed by atoms with Crippen LogP contribution in [0.2, 0.25) is 0 Å². The third-order valence-corrected chi connectivity index (χ3v) is 3.38. The molecule has 0 fully saturated rings. The van der Waals surface area contributed by atoms with Crippen molar-refractivity contribution in [1.82, 2.24) is 0 Å². The molecule has 0 aliphatic heterocycles. The van der Waals surface area contributed by atoms with Gasteiger partial charge in [0.1, 0.15) is 0 Å². The van der Waals surface area contributed by atoms with Gasteiger partial charge in [0, 0.05) is 0 Å². The van der Waals surface area contributed by atoms with Crippen LogP contribution in [-0.2, 0) is 11.2 Å². The Kier molecular flexibility index (Phi) is 4.17. The van der Waals surface area contributed by atoms with Gasteiger partial charge >= 0.3 is 5.97 Å². The second-order valence-electron chi connectivity index (χ2n) is 4.76. The first-order chi connectivity index (χ1) is 9.61. The van der Waals surface area contributed by atoms with Crippen molar-refractivity contribution in [2.45, 2.75) is 19.3 Å². The van der Waals surface area contributed by atoms with E-state index in [0.717, 1.165) is 16.7 Å². The van der Waals surface area contributed by atoms with Gasteiger partial charge < -0.3 is 5.11 Å². The lowest BCUT2D eigenvalue weighted by Crippen LogP contribution is -2.15. The summed E-state index contributed by atoms with van der Waals surface area (Å²) in [6.07, 6.45) is 0.423. The summed E-state index contributed by atoms with van der Waals surface area (Å²) in [6.45, 7) is 1.92. The summed E-state index contributed by atoms with van der Waals surface area (Å²) < 4.78 is 0. The first kappa shape index (κ1) is 13.8. The summed E-state index contributed by atoms with van der Waals surface area (Å²) in [4.78, 5) is 11.5. The van der Waals surface area contributed by atoms with Crippen LogP contribution in [0.15, 0.2) is 48.5 Å². The van der Waals surface area contributed by atoms with Crippen LogP contribution in [0.1, 0.15) is 28.2 Å². The largest absolute Gasteiger partial charge is 0.481 e. The Morgan fingerprint density at radius 3 is 2.40 bits per heavy atom. The highest BCUT2D eigenvalue weighted by Gasteiger charge is 2.21. The van der Waals surface area contributed by atoms with Crippen LogP contribution in [0.5, 0.6) is 0 Å². The van der Waals surface area contributed by atoms with Crippen LogP contribution in [0.25, 0.3) is 0 Å². The van der Waals surface area contributed by atoms with Crippen LogP contribution < -0.4 is 0 Å². The fourth-order valence-electron chi connectivity index (χ4n) is 2.26. The van der Waals surface area contributed by atoms with Crippen LogP contribution in [0.3, 0.4) is 0 Å². The monoisotopic (exact) mass is 265 g/mol. The fraction of sp³-hybridized carbons (Fsp3) is 0.176. The topological polar surface area (TPSA) is 61.1 Å². The second-order valence-corrected chi connectivity index (χ2v) is 4.76. The maximum absolute atomic E-state index is 11.5. The van der Waals surface area contributed by atoms with Gasteiger partial charge in [0.05, 0.1) is 17.6 Å². The Morgan fingerprint density at radius 1 is 1.20 bits per heavy atom. The van der Waals surface area contributed by atoms with Gasteiger partial charge in [-0.1, -0.05) is 36.4 Å². The smallest absolute Gasteiger partial charge is 0.311 e. The predicted octanol–water partition coefficient (Wildman–Crippen LogP) is 3.28. The summed E-state index contributed by atoms with van der Waals surface area (Å²) in [6, 6.07) is 16.6. The zero-order chi connectivity index (χ0) is 14.5. The van der Waals surface area contributed by atoms with Crippen LogP contribution >= 0.6 is 0 Å². The molecule has 2 aromatic rings. The SMILES string of the molecule is Cc1ccccc1C(Cc1ccc(C#N)cc1)C(=O)O. The molecule has 0 radical (unpaired) electrons. The summed E-state index contributed by atoms with van der Waals surface area (Å²) in [5, 5.41) is 18.2. The minimum absolute atomic E-state index is 0.423. The number of nitriles is 1. The van der Waals surface area contributed by atoms with Gasteiger partial charge in [-0.3, -0.25) is 4.79 Å². The first-order valence-corrected chi connectivity index (χ1v) is 6.39. The van der Waals surface area contributed by atoms with E-state index in [0.29, 0.717) is 12.0 Å². The van der Waals surface area contributed by atoms with Crippen molar-refractivity contribution in [3.8, 4) is 6.07 Å². The average molecular weight is 265 g/mol. The predicted molar refractivity (Wildman–Crippen MR) is 76.4 cm³/mol. The number of aliphatic carboxylic acids is 1. The van der Waals surface area contributed by atoms with Gasteiger partial charge in [0.25, 0.3) is 0 Å². The summed E-state index contributed by atoms with van der Waals surface area (Å²) in [5.74, 6) is -1.40. The third-order valence-electron chi connectivity index (χ3n) is 3.38. The Hall–Kier alpha value is -2.60. The lowest BCUT2D eigenvalue weighted by atomic mass is 9.89. The van der Waals surface area contributed by atoms with E-state index in [1.807, 2.05) is 43.3 Å². The molecule has 0 aromatic heterocycles. The van der Waals surface area contributed by atoms with Gasteiger partial charge in [-0.25, -0.2) is 0 Å². The first-order valence-electron chi connectivity index (χ1n) is 6.39. The summed E-state index contributed by atoms with van der Waals surface area (Å²) in [5.41, 5.74) is 3.31. The number of rotatable bonds is 4. The van der Waals surface area contributed by atoms with E-state index in [1.54, 1.807) is 12.1 Å². The van der Waals surface area contributed by atoms with E-state index < -0.39 is 11.9 Å². The number of carbonyl (C=O) groups is 1. The molecule has 0 saturated carbocycles. The summed E-state index contributed by atoms with van der Waals surface area (Å²) >= 11 is 0. The molecule has 100 valence electrons. The second kappa shape index (κ2) is 6.03. The molecule has 3 heteroatoms. The Balaban J connectivity index is 2.29. The minimum atomic E-state index is -0.830. The molecule has 0 spiro atoms. The molecule has 0 saturated heterocycles. The van der Waals surface area contributed by atoms with Crippen molar-refractivity contribution >= 4 is 5.97 Å². The lowest BCUT2D eigenvalue weighted by molar-refractivity contribution is -0.138. The molecule has 2 rings (SSSR count). The molecule has 1 N–H and O–H groups in total. The van der Waals surface area contributed by atoms with Crippen LogP contribution in [0, 0.1) is 18.3 Å². The third kappa shape index (κ3) is 3.04. The molecular formula is C17H15NO2. The molecule has 0 aliphatic carbocycles. The molecular weight excluding hydrogens is 250 g/mol. The Morgan fingerprint density at radius 2 is 1.85 bits per heavy atom. The number of hydrogen-bond acceptors (Lipinski definition) is 2. The van der Waals surface area contributed by atoms with Gasteiger partial charge in [-0.2, -0.15) is 5.26 Å². The van der Waals surface area contributed by atoms with Crippen molar-refractivity contribution in [3.05, 3.63) is 70.8 Å². The van der Waals surface area contributed by atoms with Crippen LogP contribution in [-0.4, -0.2) is 11.1 Å². The van der Waals surface area contributed by atoms with Gasteiger partial charge in [0.15, 0.2) is 0 Å². The Bertz CT molecular complexity index is 653. The average Bonchev–Trinajstić information content (AvgIpc) is 2.46. The molecule has 1 atom stereocenters. The summed E-state index contributed by atoms with van der Waals surface area (Å²) in [7, 11) is 0. The van der Waals surface area contributed by atoms with Crippen molar-refractivity contribution in [3.63, 3.8) is 0 Å². The maximum atomic E-state index is 11.5. The van der Waals surface area contributed by atoms with Crippen molar-refractivity contribution < 1.29 is 9.90 Å². The minimum Gasteiger partial charge on any atom is -0.481 e. The number of nitrogens with zero attached hydrogens (tertiary/aromatic N) is 1. The lowest BCUT2D eigenvalue weighted by Gasteiger charge is -2.15. The highest BCUT2D eigenvalue weighted by atomic mass is 16.4. The van der Waals surface area contributed by atoms with Crippen LogP contribution in [0.4, 0.5) is 0 Å². The van der Waals surface area contributed by atoms with Crippen molar-refractivity contribution in [1.29, 1.82) is 5.26 Å². The normalized spacial score (nSPS) is 11.6. The fourth-order valence-corrected chi connectivity index (χ4v) is 2.26. The number of hydrogen-bond donors (Lipinski definition) is 1. The molecule has 1 unspecified atom stereocenters. The van der Waals surface area contributed by atoms with E-state index in [4.69, 9.17) is 5.26 Å². The van der Waals surface area contributed by atoms with E-state index in [1.165, 1.54) is 0 Å². The van der Waals surface area contributed by atoms with E-state index in [-0.39, 0.29) is 0 Å². The number of carboxylic acid groups (broad SMARTS) is 1. The molecule has 0 bridgehead atoms. The van der Waals surface area contributed by atoms with E-state index in [2.05, 4.69) is 6.07 Å². The number of benzene rings is 2. The number of aryl methyl sites for hydroxylation is 1. The highest BCUT2D eigenvalue weighted by molar-refractivity contribution is 5.77. The van der Waals surface area contributed by atoms with E-state index >= 15 is 0 Å². The molecule has 3 nitrogen and oxygen atoms in total.